The van der Waals surface area contributed by atoms with Crippen molar-refractivity contribution in [1.82, 2.24) is 20.6 Å². The maximum Gasteiger partial charge on any atom is 0.273 e. The lowest BCUT2D eigenvalue weighted by atomic mass is 10.2. The van der Waals surface area contributed by atoms with Gasteiger partial charge in [-0.15, -0.1) is 0 Å². The van der Waals surface area contributed by atoms with Gasteiger partial charge in [0.2, 0.25) is 0 Å². The number of carbonyl (C=O) groups excluding carboxylic acids is 2. The zero-order chi connectivity index (χ0) is 22.4. The van der Waals surface area contributed by atoms with Crippen molar-refractivity contribution in [1.29, 1.82) is 0 Å². The summed E-state index contributed by atoms with van der Waals surface area (Å²) < 4.78 is 12.6. The summed E-state index contributed by atoms with van der Waals surface area (Å²) in [7, 11) is 1.51. The predicted octanol–water partition coefficient (Wildman–Crippen LogP) is 3.36. The van der Waals surface area contributed by atoms with Crippen molar-refractivity contribution in [2.45, 2.75) is 27.2 Å². The first-order chi connectivity index (χ1) is 15.0. The number of aromatic nitrogens is 2. The van der Waals surface area contributed by atoms with Crippen LogP contribution in [0.2, 0.25) is 0 Å². The Labute approximate surface area is 181 Å². The molecule has 0 aliphatic carbocycles. The van der Waals surface area contributed by atoms with Crippen LogP contribution < -0.4 is 20.3 Å². The first-order valence-corrected chi connectivity index (χ1v) is 9.99. The first kappa shape index (κ1) is 21.9. The molecule has 1 heterocycles. The molecular formula is C23H26N4O4. The topological polar surface area (TPSA) is 94.5 Å². The maximum absolute atomic E-state index is 12.7. The smallest absolute Gasteiger partial charge is 0.273 e. The van der Waals surface area contributed by atoms with E-state index in [2.05, 4.69) is 16.0 Å². The molecule has 8 heteroatoms. The summed E-state index contributed by atoms with van der Waals surface area (Å²) in [4.78, 5) is 25.3. The molecule has 3 aromatic rings. The first-order valence-electron chi connectivity index (χ1n) is 9.99. The number of benzene rings is 2. The third-order valence-corrected chi connectivity index (χ3v) is 4.70. The zero-order valence-electron chi connectivity index (χ0n) is 18.1. The Bertz CT molecular complexity index is 1080. The average Bonchev–Trinajstić information content (AvgIpc) is 3.10. The second-order valence-electron chi connectivity index (χ2n) is 6.92. The van der Waals surface area contributed by atoms with E-state index < -0.39 is 11.8 Å². The molecule has 2 aromatic carbocycles. The summed E-state index contributed by atoms with van der Waals surface area (Å²) in [6.45, 7) is 6.12. The van der Waals surface area contributed by atoms with Crippen LogP contribution in [0, 0.1) is 13.8 Å². The lowest BCUT2D eigenvalue weighted by Crippen LogP contribution is -2.42. The lowest BCUT2D eigenvalue weighted by molar-refractivity contribution is 0.0845. The molecule has 0 spiro atoms. The standard InChI is InChI=1S/C23H26N4O4/c1-5-13-31-19-12-11-17(14-20(19)30-4)22(28)24-25-23(29)21-15(2)26-27(16(21)3)18-9-7-6-8-10-18/h6-12,14H,5,13H2,1-4H3,(H,24,28)(H,25,29). The molecule has 0 radical (unpaired) electrons. The van der Waals surface area contributed by atoms with E-state index in [0.29, 0.717) is 40.6 Å². The molecule has 3 rings (SSSR count). The molecule has 2 amide bonds. The number of carbonyl (C=O) groups is 2. The number of para-hydroxylation sites is 1. The molecule has 0 aliphatic rings. The highest BCUT2D eigenvalue weighted by Gasteiger charge is 2.20. The van der Waals surface area contributed by atoms with Gasteiger partial charge in [0, 0.05) is 5.56 Å². The van der Waals surface area contributed by atoms with Crippen molar-refractivity contribution in [3.8, 4) is 17.2 Å². The van der Waals surface area contributed by atoms with Crippen LogP contribution in [0.15, 0.2) is 48.5 Å². The number of nitrogens with zero attached hydrogens (tertiary/aromatic N) is 2. The number of aryl methyl sites for hydroxylation is 1. The highest BCUT2D eigenvalue weighted by atomic mass is 16.5. The van der Waals surface area contributed by atoms with E-state index in [-0.39, 0.29) is 0 Å². The zero-order valence-corrected chi connectivity index (χ0v) is 18.1. The Balaban J connectivity index is 1.71. The Morgan fingerprint density at radius 3 is 2.39 bits per heavy atom. The van der Waals surface area contributed by atoms with Gasteiger partial charge in [-0.05, 0) is 50.6 Å². The van der Waals surface area contributed by atoms with Crippen LogP contribution in [0.3, 0.4) is 0 Å². The third kappa shape index (κ3) is 4.85. The van der Waals surface area contributed by atoms with E-state index in [4.69, 9.17) is 9.47 Å². The Morgan fingerprint density at radius 2 is 1.71 bits per heavy atom. The maximum atomic E-state index is 12.7. The highest BCUT2D eigenvalue weighted by Crippen LogP contribution is 2.28. The molecule has 0 bridgehead atoms. The van der Waals surface area contributed by atoms with E-state index in [0.717, 1.165) is 12.1 Å². The van der Waals surface area contributed by atoms with Gasteiger partial charge in [-0.3, -0.25) is 20.4 Å². The molecule has 0 fully saturated rings. The van der Waals surface area contributed by atoms with Crippen LogP contribution in [0.1, 0.15) is 45.4 Å². The Morgan fingerprint density at radius 1 is 1.00 bits per heavy atom. The summed E-state index contributed by atoms with van der Waals surface area (Å²) in [6, 6.07) is 14.4. The number of hydrogen-bond acceptors (Lipinski definition) is 5. The number of hydrazine groups is 1. The molecule has 31 heavy (non-hydrogen) atoms. The Hall–Kier alpha value is -3.81. The predicted molar refractivity (Wildman–Crippen MR) is 117 cm³/mol. The van der Waals surface area contributed by atoms with Gasteiger partial charge in [0.05, 0.1) is 36.4 Å². The molecule has 0 aliphatic heterocycles. The fraction of sp³-hybridized carbons (Fsp3) is 0.261. The fourth-order valence-corrected chi connectivity index (χ4v) is 3.18. The van der Waals surface area contributed by atoms with Gasteiger partial charge in [0.1, 0.15) is 0 Å². The van der Waals surface area contributed by atoms with Crippen molar-refractivity contribution in [3.05, 3.63) is 71.0 Å². The van der Waals surface area contributed by atoms with Crippen molar-refractivity contribution in [2.75, 3.05) is 13.7 Å². The summed E-state index contributed by atoms with van der Waals surface area (Å²) >= 11 is 0. The van der Waals surface area contributed by atoms with Gasteiger partial charge in [0.25, 0.3) is 11.8 Å². The van der Waals surface area contributed by atoms with Crippen molar-refractivity contribution < 1.29 is 19.1 Å². The quantitative estimate of drug-likeness (QED) is 0.570. The van der Waals surface area contributed by atoms with E-state index in [1.807, 2.05) is 44.2 Å². The number of rotatable bonds is 7. The minimum absolute atomic E-state index is 0.328. The summed E-state index contributed by atoms with van der Waals surface area (Å²) in [5, 5.41) is 4.46. The summed E-state index contributed by atoms with van der Waals surface area (Å²) in [5.74, 6) is 0.0904. The van der Waals surface area contributed by atoms with E-state index in [1.165, 1.54) is 7.11 Å². The number of nitrogens with one attached hydrogen (secondary N) is 2. The third-order valence-electron chi connectivity index (χ3n) is 4.70. The second-order valence-corrected chi connectivity index (χ2v) is 6.92. The summed E-state index contributed by atoms with van der Waals surface area (Å²) in [6.07, 6.45) is 0.858. The average molecular weight is 422 g/mol. The van der Waals surface area contributed by atoms with Crippen molar-refractivity contribution in [3.63, 3.8) is 0 Å². The monoisotopic (exact) mass is 422 g/mol. The van der Waals surface area contributed by atoms with Gasteiger partial charge >= 0.3 is 0 Å². The SMILES string of the molecule is CCCOc1ccc(C(=O)NNC(=O)c2c(C)nn(-c3ccccc3)c2C)cc1OC. The molecule has 0 atom stereocenters. The van der Waals surface area contributed by atoms with Crippen LogP contribution >= 0.6 is 0 Å². The van der Waals surface area contributed by atoms with E-state index in [1.54, 1.807) is 29.8 Å². The largest absolute Gasteiger partial charge is 0.493 e. The van der Waals surface area contributed by atoms with Crippen LogP contribution in [-0.4, -0.2) is 35.3 Å². The molecule has 1 aromatic heterocycles. The summed E-state index contributed by atoms with van der Waals surface area (Å²) in [5.41, 5.74) is 7.73. The number of hydrogen-bond donors (Lipinski definition) is 2. The minimum atomic E-state index is -0.473. The second kappa shape index (κ2) is 9.80. The van der Waals surface area contributed by atoms with E-state index in [9.17, 15) is 9.59 Å². The van der Waals surface area contributed by atoms with Crippen LogP contribution in [0.25, 0.3) is 5.69 Å². The molecule has 8 nitrogen and oxygen atoms in total. The molecular weight excluding hydrogens is 396 g/mol. The molecule has 0 saturated heterocycles. The van der Waals surface area contributed by atoms with Gasteiger partial charge in [-0.25, -0.2) is 4.68 Å². The molecule has 0 saturated carbocycles. The number of ether oxygens (including phenoxy) is 2. The normalized spacial score (nSPS) is 10.5. The number of methoxy groups -OCH3 is 1. The van der Waals surface area contributed by atoms with Gasteiger partial charge in [0.15, 0.2) is 11.5 Å². The Kier molecular flexibility index (Phi) is 6.92. The van der Waals surface area contributed by atoms with Crippen LogP contribution in [-0.2, 0) is 0 Å². The highest BCUT2D eigenvalue weighted by molar-refractivity contribution is 6.00. The van der Waals surface area contributed by atoms with Crippen molar-refractivity contribution in [2.24, 2.45) is 0 Å². The molecule has 0 unspecified atom stereocenters. The van der Waals surface area contributed by atoms with Crippen molar-refractivity contribution >= 4 is 11.8 Å². The fourth-order valence-electron chi connectivity index (χ4n) is 3.18. The van der Waals surface area contributed by atoms with E-state index >= 15 is 0 Å². The molecule has 162 valence electrons. The molecule has 2 N–H and O–H groups in total. The van der Waals surface area contributed by atoms with Crippen LogP contribution in [0.4, 0.5) is 0 Å². The van der Waals surface area contributed by atoms with Gasteiger partial charge in [-0.1, -0.05) is 25.1 Å². The van der Waals surface area contributed by atoms with Crippen LogP contribution in [0.5, 0.6) is 11.5 Å². The number of amides is 2. The van der Waals surface area contributed by atoms with Gasteiger partial charge in [-0.2, -0.15) is 5.10 Å². The minimum Gasteiger partial charge on any atom is -0.493 e. The van der Waals surface area contributed by atoms with Gasteiger partial charge < -0.3 is 9.47 Å². The lowest BCUT2D eigenvalue weighted by Gasteiger charge is -2.12.